The highest BCUT2D eigenvalue weighted by Gasteiger charge is 2.42. The molecule has 1 amide bonds. The second kappa shape index (κ2) is 6.47. The fourth-order valence-electron chi connectivity index (χ4n) is 3.47. The van der Waals surface area contributed by atoms with Crippen LogP contribution < -0.4 is 4.90 Å². The zero-order valence-electron chi connectivity index (χ0n) is 12.9. The molecule has 3 nitrogen and oxygen atoms in total. The lowest BCUT2D eigenvalue weighted by Gasteiger charge is -2.25. The van der Waals surface area contributed by atoms with Gasteiger partial charge < -0.3 is 0 Å². The zero-order valence-corrected chi connectivity index (χ0v) is 22.4. The van der Waals surface area contributed by atoms with Crippen LogP contribution in [0, 0.1) is 0 Å². The lowest BCUT2D eigenvalue weighted by molar-refractivity contribution is 0.101. The minimum atomic E-state index is -0.113. The van der Waals surface area contributed by atoms with Crippen molar-refractivity contribution in [2.75, 3.05) is 4.90 Å². The first-order valence-corrected chi connectivity index (χ1v) is 12.3. The van der Waals surface area contributed by atoms with E-state index < -0.39 is 0 Å². The Balaban J connectivity index is 1.94. The van der Waals surface area contributed by atoms with Crippen molar-refractivity contribution in [1.82, 2.24) is 0 Å². The Bertz CT molecular complexity index is 1260. The highest BCUT2D eigenvalue weighted by molar-refractivity contribution is 9.15. The standard InChI is InChI=1S/C18H4Br6N2O/c19-6-1-5-2-7(20)4-9-10(5)8(3-6)25-17-11-12(18(27)26(9)17)14(22)16(24)15(23)13(11)21/h1-4H. The number of fused-ring (bicyclic) bond motifs is 4. The molecular formula is C18H4Br6N2O. The van der Waals surface area contributed by atoms with Crippen LogP contribution in [0.1, 0.15) is 15.9 Å². The number of carbonyl (C=O) groups is 1. The number of hydrogen-bond donors (Lipinski definition) is 0. The zero-order chi connectivity index (χ0) is 19.2. The van der Waals surface area contributed by atoms with Crippen LogP contribution >= 0.6 is 95.6 Å². The van der Waals surface area contributed by atoms with E-state index in [9.17, 15) is 4.79 Å². The molecule has 0 N–H and O–H groups in total. The molecule has 0 aliphatic carbocycles. The summed E-state index contributed by atoms with van der Waals surface area (Å²) in [4.78, 5) is 20.0. The molecule has 3 aromatic rings. The van der Waals surface area contributed by atoms with E-state index in [-0.39, 0.29) is 5.91 Å². The van der Waals surface area contributed by atoms with Gasteiger partial charge in [-0.15, -0.1) is 0 Å². The van der Waals surface area contributed by atoms with Gasteiger partial charge in [0.2, 0.25) is 0 Å². The van der Waals surface area contributed by atoms with Crippen LogP contribution in [0.25, 0.3) is 10.8 Å². The molecule has 27 heavy (non-hydrogen) atoms. The van der Waals surface area contributed by atoms with E-state index in [0.717, 1.165) is 50.1 Å². The minimum absolute atomic E-state index is 0.113. The summed E-state index contributed by atoms with van der Waals surface area (Å²) in [7, 11) is 0. The van der Waals surface area contributed by atoms with Crippen molar-refractivity contribution in [3.63, 3.8) is 0 Å². The molecule has 0 radical (unpaired) electrons. The maximum atomic E-state index is 13.4. The molecule has 2 aliphatic rings. The Hall–Kier alpha value is -0.0600. The molecule has 2 heterocycles. The van der Waals surface area contributed by atoms with Crippen LogP contribution in [-0.2, 0) is 0 Å². The van der Waals surface area contributed by atoms with Crippen LogP contribution in [0.4, 0.5) is 11.4 Å². The lowest BCUT2D eigenvalue weighted by Crippen LogP contribution is -2.31. The van der Waals surface area contributed by atoms with Crippen molar-refractivity contribution < 1.29 is 4.79 Å². The first kappa shape index (κ1) is 18.9. The van der Waals surface area contributed by atoms with E-state index >= 15 is 0 Å². The number of carbonyl (C=O) groups excluding carboxylic acids is 1. The number of amidine groups is 1. The number of aliphatic imine (C=N–C) groups is 1. The van der Waals surface area contributed by atoms with Gasteiger partial charge in [-0.05, 0) is 93.4 Å². The third-order valence-electron chi connectivity index (χ3n) is 4.52. The third-order valence-corrected chi connectivity index (χ3v) is 10.2. The molecule has 134 valence electrons. The van der Waals surface area contributed by atoms with E-state index in [4.69, 9.17) is 4.99 Å². The molecule has 5 rings (SSSR count). The lowest BCUT2D eigenvalue weighted by atomic mass is 10.0. The molecule has 0 saturated carbocycles. The number of amides is 1. The average Bonchev–Trinajstić information content (AvgIpc) is 2.90. The number of hydrogen-bond acceptors (Lipinski definition) is 2. The summed E-state index contributed by atoms with van der Waals surface area (Å²) in [5, 5.41) is 1.97. The Morgan fingerprint density at radius 1 is 0.741 bits per heavy atom. The number of nitrogens with zero attached hydrogens (tertiary/aromatic N) is 2. The number of anilines is 1. The first-order valence-electron chi connectivity index (χ1n) is 7.52. The number of benzene rings is 3. The molecule has 0 saturated heterocycles. The van der Waals surface area contributed by atoms with Crippen molar-refractivity contribution in [3.05, 3.63) is 62.2 Å². The van der Waals surface area contributed by atoms with E-state index in [1.54, 1.807) is 4.90 Å². The van der Waals surface area contributed by atoms with Crippen LogP contribution in [-0.4, -0.2) is 11.7 Å². The summed E-state index contributed by atoms with van der Waals surface area (Å²) >= 11 is 21.5. The second-order valence-corrected chi connectivity index (χ2v) is 11.0. The molecule has 0 unspecified atom stereocenters. The minimum Gasteiger partial charge on any atom is -0.268 e. The van der Waals surface area contributed by atoms with Crippen molar-refractivity contribution in [3.8, 4) is 0 Å². The Kier molecular flexibility index (Phi) is 4.54. The van der Waals surface area contributed by atoms with Gasteiger partial charge in [0.05, 0.1) is 16.9 Å². The van der Waals surface area contributed by atoms with Gasteiger partial charge in [0.1, 0.15) is 5.84 Å². The largest absolute Gasteiger partial charge is 0.268 e. The van der Waals surface area contributed by atoms with Gasteiger partial charge in [0.15, 0.2) is 0 Å². The van der Waals surface area contributed by atoms with Gasteiger partial charge in [-0.3, -0.25) is 9.69 Å². The van der Waals surface area contributed by atoms with Gasteiger partial charge in [0.25, 0.3) is 5.91 Å². The van der Waals surface area contributed by atoms with Gasteiger partial charge in [0, 0.05) is 37.8 Å². The van der Waals surface area contributed by atoms with Gasteiger partial charge >= 0.3 is 0 Å². The van der Waals surface area contributed by atoms with Crippen LogP contribution in [0.2, 0.25) is 0 Å². The molecule has 0 atom stereocenters. The molecule has 0 aromatic heterocycles. The Labute approximate surface area is 204 Å². The molecule has 0 spiro atoms. The SMILES string of the molecule is O=C1c2c(Br)c(Br)c(Br)c(Br)c2C2=Nc3cc(Br)cc4cc(Br)cc(c34)N12. The topological polar surface area (TPSA) is 32.7 Å². The van der Waals surface area contributed by atoms with Gasteiger partial charge in [-0.25, -0.2) is 4.99 Å². The first-order chi connectivity index (χ1) is 12.8. The number of halogens is 6. The summed E-state index contributed by atoms with van der Waals surface area (Å²) < 4.78 is 4.93. The molecular weight excluding hydrogens is 740 g/mol. The van der Waals surface area contributed by atoms with Crippen molar-refractivity contribution in [2.45, 2.75) is 0 Å². The van der Waals surface area contributed by atoms with Gasteiger partial charge in [-0.1, -0.05) is 31.9 Å². The fraction of sp³-hybridized carbons (Fsp3) is 0. The third kappa shape index (κ3) is 2.58. The molecule has 2 aliphatic heterocycles. The van der Waals surface area contributed by atoms with Crippen LogP contribution in [0.15, 0.2) is 56.1 Å². The fourth-order valence-corrected chi connectivity index (χ4v) is 6.86. The average molecular weight is 744 g/mol. The van der Waals surface area contributed by atoms with Gasteiger partial charge in [-0.2, -0.15) is 0 Å². The van der Waals surface area contributed by atoms with E-state index in [1.165, 1.54) is 0 Å². The highest BCUT2D eigenvalue weighted by atomic mass is 79.9. The predicted octanol–water partition coefficient (Wildman–Crippen LogP) is 8.47. The molecule has 3 aromatic carbocycles. The maximum Gasteiger partial charge on any atom is 0.266 e. The maximum absolute atomic E-state index is 13.4. The second-order valence-electron chi connectivity index (χ2n) is 6.03. The molecule has 0 fully saturated rings. The monoisotopic (exact) mass is 738 g/mol. The summed E-state index contributed by atoms with van der Waals surface area (Å²) in [5.41, 5.74) is 2.99. The predicted molar refractivity (Wildman–Crippen MR) is 130 cm³/mol. The van der Waals surface area contributed by atoms with Crippen molar-refractivity contribution >= 4 is 129 Å². The Morgan fingerprint density at radius 2 is 1.33 bits per heavy atom. The Morgan fingerprint density at radius 3 is 2.00 bits per heavy atom. The molecule has 9 heteroatoms. The summed E-state index contributed by atoms with van der Waals surface area (Å²) in [6.07, 6.45) is 0. The quantitative estimate of drug-likeness (QED) is 0.168. The number of rotatable bonds is 0. The van der Waals surface area contributed by atoms with Crippen LogP contribution in [0.3, 0.4) is 0 Å². The molecule has 0 bridgehead atoms. The van der Waals surface area contributed by atoms with E-state index in [0.29, 0.717) is 15.9 Å². The smallest absolute Gasteiger partial charge is 0.266 e. The normalized spacial score (nSPS) is 14.5. The van der Waals surface area contributed by atoms with Crippen LogP contribution in [0.5, 0.6) is 0 Å². The highest BCUT2D eigenvalue weighted by Crippen LogP contribution is 2.51. The van der Waals surface area contributed by atoms with Crippen molar-refractivity contribution in [1.29, 1.82) is 0 Å². The summed E-state index contributed by atoms with van der Waals surface area (Å²) in [6.45, 7) is 0. The van der Waals surface area contributed by atoms with E-state index in [2.05, 4.69) is 95.6 Å². The summed E-state index contributed by atoms with van der Waals surface area (Å²) in [6, 6.07) is 7.99. The van der Waals surface area contributed by atoms with Crippen molar-refractivity contribution in [2.24, 2.45) is 4.99 Å². The summed E-state index contributed by atoms with van der Waals surface area (Å²) in [5.74, 6) is 0.498. The van der Waals surface area contributed by atoms with E-state index in [1.807, 2.05) is 24.3 Å².